The Balaban J connectivity index is 2.20. The molecule has 114 valence electrons. The normalized spacial score (nSPS) is 13.9. The summed E-state index contributed by atoms with van der Waals surface area (Å²) in [6, 6.07) is 5.20. The second-order valence-corrected chi connectivity index (χ2v) is 6.25. The van der Waals surface area contributed by atoms with Crippen LogP contribution < -0.4 is 5.73 Å². The lowest BCUT2D eigenvalue weighted by molar-refractivity contribution is 0.0726. The highest BCUT2D eigenvalue weighted by Gasteiger charge is 2.34. The summed E-state index contributed by atoms with van der Waals surface area (Å²) in [6.45, 7) is 4.35. The fourth-order valence-corrected chi connectivity index (χ4v) is 3.03. The molecule has 2 heterocycles. The number of carbonyl (C=O) groups is 1. The minimum absolute atomic E-state index is 0.0544. The number of hydrogen-bond donors (Lipinski definition) is 1. The molecule has 2 aromatic rings. The number of carbonyl (C=O) groups excluding carboxylic acids is 1. The van der Waals surface area contributed by atoms with E-state index in [1.807, 2.05) is 13.8 Å². The number of benzene rings is 1. The van der Waals surface area contributed by atoms with Gasteiger partial charge in [0.05, 0.1) is 17.3 Å². The molecule has 7 heteroatoms. The number of rotatable bonds is 2. The first kappa shape index (κ1) is 15.1. The number of nitrogen functional groups attached to an aromatic ring is 1. The first-order valence-electron chi connectivity index (χ1n) is 6.81. The number of amides is 1. The highest BCUT2D eigenvalue weighted by molar-refractivity contribution is 6.36. The van der Waals surface area contributed by atoms with Crippen LogP contribution in [0.2, 0.25) is 10.0 Å². The fraction of sp³-hybridized carbons (Fsp3) is 0.267. The number of hydrogen-bond acceptors (Lipinski definition) is 4. The van der Waals surface area contributed by atoms with E-state index in [9.17, 15) is 4.79 Å². The SMILES string of the molecule is CC(C)N1Cc2c(nc(N)nc2-c2ccc(Cl)cc2Cl)C1=O. The number of nitrogens with zero attached hydrogens (tertiary/aromatic N) is 3. The Morgan fingerprint density at radius 1 is 1.23 bits per heavy atom. The van der Waals surface area contributed by atoms with Gasteiger partial charge in [0.2, 0.25) is 5.95 Å². The maximum absolute atomic E-state index is 12.4. The number of fused-ring (bicyclic) bond motifs is 1. The van der Waals surface area contributed by atoms with Gasteiger partial charge in [-0.3, -0.25) is 4.79 Å². The summed E-state index contributed by atoms with van der Waals surface area (Å²) in [5.41, 5.74) is 8.14. The van der Waals surface area contributed by atoms with Crippen LogP contribution in [0, 0.1) is 0 Å². The highest BCUT2D eigenvalue weighted by Crippen LogP contribution is 2.36. The largest absolute Gasteiger partial charge is 0.368 e. The maximum atomic E-state index is 12.4. The van der Waals surface area contributed by atoms with Crippen molar-refractivity contribution in [2.45, 2.75) is 26.4 Å². The summed E-state index contributed by atoms with van der Waals surface area (Å²) < 4.78 is 0. The van der Waals surface area contributed by atoms with Gasteiger partial charge in [0, 0.05) is 22.2 Å². The van der Waals surface area contributed by atoms with Gasteiger partial charge in [0.25, 0.3) is 5.91 Å². The van der Waals surface area contributed by atoms with Gasteiger partial charge in [-0.2, -0.15) is 0 Å². The van der Waals surface area contributed by atoms with Crippen LogP contribution in [0.4, 0.5) is 5.95 Å². The van der Waals surface area contributed by atoms with E-state index in [1.54, 1.807) is 23.1 Å². The maximum Gasteiger partial charge on any atom is 0.273 e. The average molecular weight is 337 g/mol. The van der Waals surface area contributed by atoms with Gasteiger partial charge < -0.3 is 10.6 Å². The van der Waals surface area contributed by atoms with E-state index in [0.717, 1.165) is 5.56 Å². The minimum Gasteiger partial charge on any atom is -0.368 e. The fourth-order valence-electron chi connectivity index (χ4n) is 2.53. The van der Waals surface area contributed by atoms with E-state index in [0.29, 0.717) is 33.5 Å². The molecule has 0 spiro atoms. The van der Waals surface area contributed by atoms with Crippen molar-refractivity contribution in [2.75, 3.05) is 5.73 Å². The molecule has 1 aliphatic heterocycles. The molecule has 0 bridgehead atoms. The lowest BCUT2D eigenvalue weighted by Crippen LogP contribution is -2.31. The lowest BCUT2D eigenvalue weighted by Gasteiger charge is -2.19. The Bertz CT molecular complexity index is 776. The van der Waals surface area contributed by atoms with Crippen LogP contribution in [0.3, 0.4) is 0 Å². The molecule has 0 radical (unpaired) electrons. The quantitative estimate of drug-likeness (QED) is 0.912. The number of anilines is 1. The minimum atomic E-state index is -0.134. The first-order valence-corrected chi connectivity index (χ1v) is 7.57. The molecular formula is C15H14Cl2N4O. The van der Waals surface area contributed by atoms with Gasteiger partial charge in [0.15, 0.2) is 0 Å². The van der Waals surface area contributed by atoms with E-state index < -0.39 is 0 Å². The summed E-state index contributed by atoms with van der Waals surface area (Å²) in [6.07, 6.45) is 0. The van der Waals surface area contributed by atoms with Gasteiger partial charge >= 0.3 is 0 Å². The molecule has 22 heavy (non-hydrogen) atoms. The van der Waals surface area contributed by atoms with Crippen molar-refractivity contribution >= 4 is 35.1 Å². The van der Waals surface area contributed by atoms with Crippen LogP contribution >= 0.6 is 23.2 Å². The third-order valence-corrected chi connectivity index (χ3v) is 4.17. The zero-order valence-corrected chi connectivity index (χ0v) is 13.6. The molecule has 5 nitrogen and oxygen atoms in total. The summed E-state index contributed by atoms with van der Waals surface area (Å²) in [5.74, 6) is -0.0795. The standard InChI is InChI=1S/C15H14Cl2N4O/c1-7(2)21-6-10-12(9-4-3-8(16)5-11(9)17)19-15(18)20-13(10)14(21)22/h3-5,7H,6H2,1-2H3,(H2,18,19,20). The number of nitrogens with two attached hydrogens (primary N) is 1. The molecule has 1 aromatic heterocycles. The Kier molecular flexibility index (Phi) is 3.70. The first-order chi connectivity index (χ1) is 10.4. The predicted molar refractivity (Wildman–Crippen MR) is 86.9 cm³/mol. The Labute approximate surface area is 138 Å². The number of halogens is 2. The predicted octanol–water partition coefficient (Wildman–Crippen LogP) is 3.40. The molecule has 0 unspecified atom stereocenters. The lowest BCUT2D eigenvalue weighted by atomic mass is 10.1. The van der Waals surface area contributed by atoms with Crippen LogP contribution in [0.1, 0.15) is 29.9 Å². The van der Waals surface area contributed by atoms with E-state index in [4.69, 9.17) is 28.9 Å². The van der Waals surface area contributed by atoms with Gasteiger partial charge in [-0.1, -0.05) is 23.2 Å². The van der Waals surface area contributed by atoms with Crippen molar-refractivity contribution in [1.82, 2.24) is 14.9 Å². The molecule has 0 saturated carbocycles. The van der Waals surface area contributed by atoms with Gasteiger partial charge in [-0.15, -0.1) is 0 Å². The van der Waals surface area contributed by atoms with Crippen molar-refractivity contribution in [3.63, 3.8) is 0 Å². The van der Waals surface area contributed by atoms with Gasteiger partial charge in [-0.05, 0) is 32.0 Å². The van der Waals surface area contributed by atoms with Crippen LogP contribution in [0.15, 0.2) is 18.2 Å². The molecule has 3 rings (SSSR count). The Hall–Kier alpha value is -1.85. The second-order valence-electron chi connectivity index (χ2n) is 5.41. The molecule has 2 N–H and O–H groups in total. The molecule has 0 saturated heterocycles. The van der Waals surface area contributed by atoms with Crippen LogP contribution in [-0.2, 0) is 6.54 Å². The molecule has 0 aliphatic carbocycles. The zero-order valence-electron chi connectivity index (χ0n) is 12.1. The van der Waals surface area contributed by atoms with Crippen molar-refractivity contribution in [3.05, 3.63) is 39.5 Å². The van der Waals surface area contributed by atoms with Crippen molar-refractivity contribution < 1.29 is 4.79 Å². The molecule has 0 fully saturated rings. The number of aromatic nitrogens is 2. The van der Waals surface area contributed by atoms with E-state index >= 15 is 0 Å². The topological polar surface area (TPSA) is 72.1 Å². The molecule has 1 amide bonds. The Morgan fingerprint density at radius 2 is 1.91 bits per heavy atom. The summed E-state index contributed by atoms with van der Waals surface area (Å²) in [7, 11) is 0. The third-order valence-electron chi connectivity index (χ3n) is 3.63. The van der Waals surface area contributed by atoms with E-state index in [-0.39, 0.29) is 17.9 Å². The van der Waals surface area contributed by atoms with Gasteiger partial charge in [0.1, 0.15) is 5.69 Å². The second kappa shape index (κ2) is 5.41. The van der Waals surface area contributed by atoms with Crippen molar-refractivity contribution in [2.24, 2.45) is 0 Å². The third kappa shape index (κ3) is 2.40. The van der Waals surface area contributed by atoms with E-state index in [2.05, 4.69) is 9.97 Å². The highest BCUT2D eigenvalue weighted by atomic mass is 35.5. The molecule has 1 aromatic carbocycles. The molecule has 0 atom stereocenters. The van der Waals surface area contributed by atoms with E-state index in [1.165, 1.54) is 0 Å². The average Bonchev–Trinajstić information content (AvgIpc) is 2.76. The van der Waals surface area contributed by atoms with Gasteiger partial charge in [-0.25, -0.2) is 9.97 Å². The van der Waals surface area contributed by atoms with Crippen molar-refractivity contribution in [1.29, 1.82) is 0 Å². The summed E-state index contributed by atoms with van der Waals surface area (Å²) >= 11 is 12.2. The van der Waals surface area contributed by atoms with Crippen LogP contribution in [0.5, 0.6) is 0 Å². The monoisotopic (exact) mass is 336 g/mol. The summed E-state index contributed by atoms with van der Waals surface area (Å²) in [5, 5.41) is 0.996. The molecular weight excluding hydrogens is 323 g/mol. The van der Waals surface area contributed by atoms with Crippen molar-refractivity contribution in [3.8, 4) is 11.3 Å². The summed E-state index contributed by atoms with van der Waals surface area (Å²) in [4.78, 5) is 22.6. The van der Waals surface area contributed by atoms with Crippen LogP contribution in [0.25, 0.3) is 11.3 Å². The Morgan fingerprint density at radius 3 is 2.55 bits per heavy atom. The smallest absolute Gasteiger partial charge is 0.273 e. The zero-order chi connectivity index (χ0) is 16.0. The molecule has 1 aliphatic rings. The van der Waals surface area contributed by atoms with Crippen LogP contribution in [-0.4, -0.2) is 26.8 Å².